The normalized spacial score (nSPS) is 14.1. The molecule has 0 aromatic heterocycles. The van der Waals surface area contributed by atoms with Crippen molar-refractivity contribution in [3.8, 4) is 0 Å². The molecule has 0 saturated carbocycles. The smallest absolute Gasteiger partial charge is 0.223 e. The molecular weight excluding hydrogens is 154 g/mol. The summed E-state index contributed by atoms with van der Waals surface area (Å²) in [7, 11) is 0. The van der Waals surface area contributed by atoms with Crippen molar-refractivity contribution >= 4 is 5.91 Å². The van der Waals surface area contributed by atoms with Crippen LogP contribution in [0.4, 0.5) is 0 Å². The van der Waals surface area contributed by atoms with Crippen molar-refractivity contribution in [3.05, 3.63) is 0 Å². The summed E-state index contributed by atoms with van der Waals surface area (Å²) in [6, 6.07) is 0. The number of amides is 1. The highest BCUT2D eigenvalue weighted by molar-refractivity contribution is 5.78. The summed E-state index contributed by atoms with van der Waals surface area (Å²) in [4.78, 5) is 11.3. The largest absolute Gasteiger partial charge is 0.395 e. The molecule has 0 aliphatic heterocycles. The van der Waals surface area contributed by atoms with Crippen LogP contribution in [0.3, 0.4) is 0 Å². The third-order valence-corrected chi connectivity index (χ3v) is 2.10. The Labute approximate surface area is 74.2 Å². The maximum Gasteiger partial charge on any atom is 0.223 e. The molecule has 0 unspecified atom stereocenters. The van der Waals surface area contributed by atoms with Crippen molar-refractivity contribution < 1.29 is 9.90 Å². The first-order chi connectivity index (χ1) is 5.39. The topological polar surface area (TPSA) is 49.3 Å². The zero-order valence-electron chi connectivity index (χ0n) is 8.35. The van der Waals surface area contributed by atoms with E-state index in [4.69, 9.17) is 5.11 Å². The summed E-state index contributed by atoms with van der Waals surface area (Å²) >= 11 is 0. The lowest BCUT2D eigenvalue weighted by Gasteiger charge is -2.25. The minimum Gasteiger partial charge on any atom is -0.395 e. The Morgan fingerprint density at radius 2 is 2.00 bits per heavy atom. The number of hydrogen-bond acceptors (Lipinski definition) is 2. The first-order valence-electron chi connectivity index (χ1n) is 4.28. The summed E-state index contributed by atoms with van der Waals surface area (Å²) in [5, 5.41) is 11.1. The first-order valence-corrected chi connectivity index (χ1v) is 4.28. The molecule has 2 N–H and O–H groups in total. The lowest BCUT2D eigenvalue weighted by molar-refractivity contribution is -0.127. The van der Waals surface area contributed by atoms with Crippen LogP contribution < -0.4 is 5.32 Å². The van der Waals surface area contributed by atoms with Gasteiger partial charge in [0.2, 0.25) is 5.91 Å². The molecule has 0 aliphatic carbocycles. The van der Waals surface area contributed by atoms with Gasteiger partial charge in [0.05, 0.1) is 6.61 Å². The maximum absolute atomic E-state index is 11.3. The van der Waals surface area contributed by atoms with Crippen LogP contribution in [0.15, 0.2) is 0 Å². The van der Waals surface area contributed by atoms with Gasteiger partial charge in [-0.25, -0.2) is 0 Å². The number of aliphatic hydroxyl groups is 1. The molecule has 0 heterocycles. The molecule has 0 rings (SSSR count). The molecule has 72 valence electrons. The Morgan fingerprint density at radius 1 is 1.50 bits per heavy atom. The van der Waals surface area contributed by atoms with Crippen molar-refractivity contribution in [2.75, 3.05) is 13.2 Å². The molecular formula is C9H19NO2. The van der Waals surface area contributed by atoms with Crippen molar-refractivity contribution in [2.45, 2.75) is 27.7 Å². The zero-order chi connectivity index (χ0) is 9.78. The molecule has 12 heavy (non-hydrogen) atoms. The van der Waals surface area contributed by atoms with Crippen LogP contribution >= 0.6 is 0 Å². The van der Waals surface area contributed by atoms with E-state index in [0.717, 1.165) is 0 Å². The standard InChI is InChI=1S/C9H19NO2/c1-7(9(2,3)4)8(12)10-5-6-11/h7,11H,5-6H2,1-4H3,(H,10,12)/t7-/m1/s1. The van der Waals surface area contributed by atoms with Crippen LogP contribution in [0, 0.1) is 11.3 Å². The predicted octanol–water partition coefficient (Wildman–Crippen LogP) is 0.777. The van der Waals surface area contributed by atoms with Crippen LogP contribution in [0.1, 0.15) is 27.7 Å². The molecule has 0 aromatic rings. The van der Waals surface area contributed by atoms with E-state index in [1.165, 1.54) is 0 Å². The average molecular weight is 173 g/mol. The Bertz CT molecular complexity index is 149. The molecule has 0 spiro atoms. The zero-order valence-corrected chi connectivity index (χ0v) is 8.35. The van der Waals surface area contributed by atoms with E-state index in [9.17, 15) is 4.79 Å². The molecule has 3 nitrogen and oxygen atoms in total. The van der Waals surface area contributed by atoms with E-state index in [-0.39, 0.29) is 23.8 Å². The minimum absolute atomic E-state index is 0.00258. The fourth-order valence-corrected chi connectivity index (χ4v) is 0.725. The van der Waals surface area contributed by atoms with E-state index < -0.39 is 0 Å². The van der Waals surface area contributed by atoms with Gasteiger partial charge in [0.25, 0.3) is 0 Å². The van der Waals surface area contributed by atoms with Gasteiger partial charge >= 0.3 is 0 Å². The van der Waals surface area contributed by atoms with Crippen molar-refractivity contribution in [1.29, 1.82) is 0 Å². The van der Waals surface area contributed by atoms with Gasteiger partial charge in [-0.05, 0) is 5.41 Å². The lowest BCUT2D eigenvalue weighted by Crippen LogP contribution is -2.37. The van der Waals surface area contributed by atoms with Gasteiger partial charge in [-0.15, -0.1) is 0 Å². The van der Waals surface area contributed by atoms with Gasteiger partial charge in [0.15, 0.2) is 0 Å². The third kappa shape index (κ3) is 3.72. The molecule has 0 aliphatic rings. The molecule has 0 bridgehead atoms. The molecule has 0 radical (unpaired) electrons. The lowest BCUT2D eigenvalue weighted by atomic mass is 9.81. The fourth-order valence-electron chi connectivity index (χ4n) is 0.725. The van der Waals surface area contributed by atoms with Crippen LogP contribution in [0.25, 0.3) is 0 Å². The number of nitrogens with one attached hydrogen (secondary N) is 1. The number of carbonyl (C=O) groups is 1. The monoisotopic (exact) mass is 173 g/mol. The second kappa shape index (κ2) is 4.45. The molecule has 1 atom stereocenters. The quantitative estimate of drug-likeness (QED) is 0.662. The number of aliphatic hydroxyl groups excluding tert-OH is 1. The summed E-state index contributed by atoms with van der Waals surface area (Å²) in [5.41, 5.74) is -0.0143. The van der Waals surface area contributed by atoms with Crippen LogP contribution in [0.2, 0.25) is 0 Å². The SMILES string of the molecule is C[C@H](C(=O)NCCO)C(C)(C)C. The van der Waals surface area contributed by atoms with E-state index in [0.29, 0.717) is 6.54 Å². The molecule has 1 amide bonds. The van der Waals surface area contributed by atoms with Gasteiger partial charge in [0, 0.05) is 12.5 Å². The van der Waals surface area contributed by atoms with Crippen LogP contribution in [-0.4, -0.2) is 24.2 Å². The highest BCUT2D eigenvalue weighted by atomic mass is 16.3. The fraction of sp³-hybridized carbons (Fsp3) is 0.889. The van der Waals surface area contributed by atoms with Gasteiger partial charge in [0.1, 0.15) is 0 Å². The number of rotatable bonds is 3. The highest BCUT2D eigenvalue weighted by Crippen LogP contribution is 2.24. The first kappa shape index (κ1) is 11.4. The highest BCUT2D eigenvalue weighted by Gasteiger charge is 2.25. The van der Waals surface area contributed by atoms with Gasteiger partial charge in [-0.1, -0.05) is 27.7 Å². The Morgan fingerprint density at radius 3 is 2.33 bits per heavy atom. The summed E-state index contributed by atoms with van der Waals surface area (Å²) < 4.78 is 0. The second-order valence-corrected chi connectivity index (χ2v) is 4.10. The summed E-state index contributed by atoms with van der Waals surface area (Å²) in [5.74, 6) is -0.0133. The second-order valence-electron chi connectivity index (χ2n) is 4.10. The number of hydrogen-bond donors (Lipinski definition) is 2. The molecule has 0 aromatic carbocycles. The Hall–Kier alpha value is -0.570. The molecule has 3 heteroatoms. The van der Waals surface area contributed by atoms with Crippen LogP contribution in [-0.2, 0) is 4.79 Å². The third-order valence-electron chi connectivity index (χ3n) is 2.10. The van der Waals surface area contributed by atoms with E-state index in [2.05, 4.69) is 5.32 Å². The molecule has 0 fully saturated rings. The average Bonchev–Trinajstić information content (AvgIpc) is 1.97. The number of carbonyl (C=O) groups excluding carboxylic acids is 1. The minimum atomic E-state index is -0.0240. The molecule has 0 saturated heterocycles. The summed E-state index contributed by atoms with van der Waals surface area (Å²) in [6.07, 6.45) is 0. The van der Waals surface area contributed by atoms with Crippen molar-refractivity contribution in [3.63, 3.8) is 0 Å². The van der Waals surface area contributed by atoms with Gasteiger partial charge in [-0.2, -0.15) is 0 Å². The Kier molecular flexibility index (Phi) is 4.24. The van der Waals surface area contributed by atoms with Crippen LogP contribution in [0.5, 0.6) is 0 Å². The van der Waals surface area contributed by atoms with E-state index >= 15 is 0 Å². The van der Waals surface area contributed by atoms with Gasteiger partial charge < -0.3 is 10.4 Å². The maximum atomic E-state index is 11.3. The summed E-state index contributed by atoms with van der Waals surface area (Å²) in [6.45, 7) is 8.32. The van der Waals surface area contributed by atoms with E-state index in [1.807, 2.05) is 27.7 Å². The van der Waals surface area contributed by atoms with E-state index in [1.54, 1.807) is 0 Å². The van der Waals surface area contributed by atoms with Crippen molar-refractivity contribution in [1.82, 2.24) is 5.32 Å². The predicted molar refractivity (Wildman–Crippen MR) is 48.7 cm³/mol. The van der Waals surface area contributed by atoms with Crippen molar-refractivity contribution in [2.24, 2.45) is 11.3 Å². The van der Waals surface area contributed by atoms with Gasteiger partial charge in [-0.3, -0.25) is 4.79 Å². The Balaban J connectivity index is 3.94.